The second kappa shape index (κ2) is 3.88. The molecule has 1 aromatic rings. The van der Waals surface area contributed by atoms with E-state index in [2.05, 4.69) is 44.3 Å². The summed E-state index contributed by atoms with van der Waals surface area (Å²) in [5.74, 6) is 0.628. The summed E-state index contributed by atoms with van der Waals surface area (Å²) in [6.45, 7) is 10.1. The van der Waals surface area contributed by atoms with E-state index in [4.69, 9.17) is 0 Å². The lowest BCUT2D eigenvalue weighted by molar-refractivity contribution is 0.529. The van der Waals surface area contributed by atoms with Gasteiger partial charge in [0.25, 0.3) is 0 Å². The summed E-state index contributed by atoms with van der Waals surface area (Å²) >= 11 is 0. The first kappa shape index (κ1) is 11.6. The Bertz CT molecular complexity index is 373. The standard InChI is InChI=1S/C13H23N3/c1-9-10(6-7-14-9)11-8-16(5)15-12(11)13(2,3)4/h8-10,14H,6-7H2,1-5H3. The molecule has 90 valence electrons. The maximum absolute atomic E-state index is 4.65. The Morgan fingerprint density at radius 2 is 2.12 bits per heavy atom. The smallest absolute Gasteiger partial charge is 0.0713 e. The van der Waals surface area contributed by atoms with Gasteiger partial charge in [-0.2, -0.15) is 5.10 Å². The topological polar surface area (TPSA) is 29.9 Å². The molecule has 1 N–H and O–H groups in total. The van der Waals surface area contributed by atoms with Gasteiger partial charge in [-0.05, 0) is 25.5 Å². The fourth-order valence-electron chi connectivity index (χ4n) is 2.64. The van der Waals surface area contributed by atoms with Gasteiger partial charge in [0.1, 0.15) is 0 Å². The zero-order chi connectivity index (χ0) is 11.9. The van der Waals surface area contributed by atoms with Crippen LogP contribution in [0.15, 0.2) is 6.20 Å². The van der Waals surface area contributed by atoms with E-state index in [9.17, 15) is 0 Å². The number of aromatic nitrogens is 2. The van der Waals surface area contributed by atoms with E-state index in [-0.39, 0.29) is 5.41 Å². The van der Waals surface area contributed by atoms with Crippen LogP contribution in [-0.2, 0) is 12.5 Å². The van der Waals surface area contributed by atoms with Crippen LogP contribution in [0.4, 0.5) is 0 Å². The van der Waals surface area contributed by atoms with Crippen molar-refractivity contribution in [3.63, 3.8) is 0 Å². The first-order valence-corrected chi connectivity index (χ1v) is 6.17. The maximum Gasteiger partial charge on any atom is 0.0713 e. The van der Waals surface area contributed by atoms with Gasteiger partial charge in [0.2, 0.25) is 0 Å². The van der Waals surface area contributed by atoms with Crippen LogP contribution in [0.3, 0.4) is 0 Å². The van der Waals surface area contributed by atoms with Crippen molar-refractivity contribution in [2.24, 2.45) is 7.05 Å². The summed E-state index contributed by atoms with van der Waals surface area (Å²) in [6, 6.07) is 0.574. The average molecular weight is 221 g/mol. The normalized spacial score (nSPS) is 26.3. The highest BCUT2D eigenvalue weighted by Gasteiger charge is 2.31. The number of rotatable bonds is 1. The Balaban J connectivity index is 2.40. The number of aryl methyl sites for hydroxylation is 1. The number of hydrogen-bond donors (Lipinski definition) is 1. The molecule has 0 aliphatic carbocycles. The predicted molar refractivity (Wildman–Crippen MR) is 66.7 cm³/mol. The minimum atomic E-state index is 0.138. The molecule has 1 fully saturated rings. The van der Waals surface area contributed by atoms with Gasteiger partial charge in [-0.1, -0.05) is 20.8 Å². The molecule has 2 unspecified atom stereocenters. The quantitative estimate of drug-likeness (QED) is 0.788. The molecule has 1 aromatic heterocycles. The Kier molecular flexibility index (Phi) is 2.82. The van der Waals surface area contributed by atoms with E-state index in [1.54, 1.807) is 0 Å². The van der Waals surface area contributed by atoms with Crippen LogP contribution in [0, 0.1) is 0 Å². The van der Waals surface area contributed by atoms with Crippen molar-refractivity contribution in [3.05, 3.63) is 17.5 Å². The van der Waals surface area contributed by atoms with Crippen LogP contribution >= 0.6 is 0 Å². The first-order chi connectivity index (χ1) is 7.39. The summed E-state index contributed by atoms with van der Waals surface area (Å²) < 4.78 is 1.96. The molecule has 2 heterocycles. The van der Waals surface area contributed by atoms with Crippen LogP contribution in [0.5, 0.6) is 0 Å². The minimum absolute atomic E-state index is 0.138. The summed E-state index contributed by atoms with van der Waals surface area (Å²) in [5.41, 5.74) is 2.84. The van der Waals surface area contributed by atoms with Crippen molar-refractivity contribution in [3.8, 4) is 0 Å². The zero-order valence-electron chi connectivity index (χ0n) is 11.0. The summed E-state index contributed by atoms with van der Waals surface area (Å²) in [6.07, 6.45) is 3.44. The van der Waals surface area contributed by atoms with Gasteiger partial charge < -0.3 is 5.32 Å². The third-order valence-corrected chi connectivity index (χ3v) is 3.49. The third-order valence-electron chi connectivity index (χ3n) is 3.49. The summed E-state index contributed by atoms with van der Waals surface area (Å²) in [5, 5.41) is 8.17. The molecule has 1 aliphatic heterocycles. The lowest BCUT2D eigenvalue weighted by Crippen LogP contribution is -2.23. The number of hydrogen-bond acceptors (Lipinski definition) is 2. The Morgan fingerprint density at radius 3 is 2.62 bits per heavy atom. The van der Waals surface area contributed by atoms with Crippen molar-refractivity contribution < 1.29 is 0 Å². The Labute approximate surface area is 98.2 Å². The molecule has 1 aliphatic rings. The van der Waals surface area contributed by atoms with Gasteiger partial charge in [0.15, 0.2) is 0 Å². The molecule has 0 amide bonds. The van der Waals surface area contributed by atoms with Crippen LogP contribution in [0.2, 0.25) is 0 Å². The van der Waals surface area contributed by atoms with E-state index >= 15 is 0 Å². The Hall–Kier alpha value is -0.830. The van der Waals surface area contributed by atoms with Crippen molar-refractivity contribution in [2.45, 2.75) is 51.5 Å². The lowest BCUT2D eigenvalue weighted by Gasteiger charge is -2.22. The van der Waals surface area contributed by atoms with Crippen LogP contribution in [0.1, 0.15) is 51.3 Å². The summed E-state index contributed by atoms with van der Waals surface area (Å²) in [7, 11) is 2.02. The highest BCUT2D eigenvalue weighted by molar-refractivity contribution is 5.30. The van der Waals surface area contributed by atoms with Gasteiger partial charge in [-0.3, -0.25) is 4.68 Å². The zero-order valence-corrected chi connectivity index (χ0v) is 11.0. The van der Waals surface area contributed by atoms with E-state index in [1.165, 1.54) is 17.7 Å². The van der Waals surface area contributed by atoms with E-state index in [1.807, 2.05) is 11.7 Å². The Morgan fingerprint density at radius 1 is 1.44 bits per heavy atom. The minimum Gasteiger partial charge on any atom is -0.314 e. The highest BCUT2D eigenvalue weighted by Crippen LogP contribution is 2.34. The van der Waals surface area contributed by atoms with E-state index in [0.717, 1.165) is 6.54 Å². The SMILES string of the molecule is CC1NCCC1c1cn(C)nc1C(C)(C)C. The molecular formula is C13H23N3. The molecular weight excluding hydrogens is 198 g/mol. The highest BCUT2D eigenvalue weighted by atomic mass is 15.3. The van der Waals surface area contributed by atoms with Crippen molar-refractivity contribution in [1.82, 2.24) is 15.1 Å². The average Bonchev–Trinajstić information content (AvgIpc) is 2.70. The fraction of sp³-hybridized carbons (Fsp3) is 0.769. The molecule has 0 bridgehead atoms. The largest absolute Gasteiger partial charge is 0.314 e. The number of nitrogens with one attached hydrogen (secondary N) is 1. The monoisotopic (exact) mass is 221 g/mol. The second-order valence-corrected chi connectivity index (χ2v) is 5.99. The van der Waals surface area contributed by atoms with Gasteiger partial charge >= 0.3 is 0 Å². The second-order valence-electron chi connectivity index (χ2n) is 5.99. The third kappa shape index (κ3) is 2.01. The van der Waals surface area contributed by atoms with Crippen LogP contribution < -0.4 is 5.32 Å². The maximum atomic E-state index is 4.65. The molecule has 0 aromatic carbocycles. The number of nitrogens with zero attached hydrogens (tertiary/aromatic N) is 2. The van der Waals surface area contributed by atoms with Gasteiger partial charge in [0.05, 0.1) is 5.69 Å². The van der Waals surface area contributed by atoms with E-state index in [0.29, 0.717) is 12.0 Å². The van der Waals surface area contributed by atoms with Crippen LogP contribution in [-0.4, -0.2) is 22.4 Å². The molecule has 0 spiro atoms. The lowest BCUT2D eigenvalue weighted by atomic mass is 9.83. The van der Waals surface area contributed by atoms with Crippen molar-refractivity contribution in [2.75, 3.05) is 6.54 Å². The van der Waals surface area contributed by atoms with Gasteiger partial charge in [-0.25, -0.2) is 0 Å². The fourth-order valence-corrected chi connectivity index (χ4v) is 2.64. The molecule has 3 nitrogen and oxygen atoms in total. The van der Waals surface area contributed by atoms with Crippen molar-refractivity contribution in [1.29, 1.82) is 0 Å². The molecule has 16 heavy (non-hydrogen) atoms. The molecule has 0 radical (unpaired) electrons. The molecule has 3 heteroatoms. The predicted octanol–water partition coefficient (Wildman–Crippen LogP) is 2.18. The van der Waals surface area contributed by atoms with Gasteiger partial charge in [-0.15, -0.1) is 0 Å². The van der Waals surface area contributed by atoms with E-state index < -0.39 is 0 Å². The van der Waals surface area contributed by atoms with Gasteiger partial charge in [0, 0.05) is 30.6 Å². The first-order valence-electron chi connectivity index (χ1n) is 6.17. The van der Waals surface area contributed by atoms with Crippen molar-refractivity contribution >= 4 is 0 Å². The summed E-state index contributed by atoms with van der Waals surface area (Å²) in [4.78, 5) is 0. The molecule has 0 saturated carbocycles. The molecule has 2 atom stereocenters. The molecule has 2 rings (SSSR count). The van der Waals surface area contributed by atoms with Crippen LogP contribution in [0.25, 0.3) is 0 Å². The molecule has 1 saturated heterocycles.